The molecule has 0 aliphatic carbocycles. The second-order valence-corrected chi connectivity index (χ2v) is 3.53. The number of rotatable bonds is 7. The Hall–Kier alpha value is -0.940. The summed E-state index contributed by atoms with van der Waals surface area (Å²) in [5, 5.41) is 3.81. The first kappa shape index (κ1) is 12.1. The maximum absolute atomic E-state index is 5.78. The van der Waals surface area contributed by atoms with Gasteiger partial charge in [0.2, 0.25) is 5.89 Å². The van der Waals surface area contributed by atoms with Gasteiger partial charge in [-0.15, -0.1) is 0 Å². The van der Waals surface area contributed by atoms with Gasteiger partial charge in [-0.1, -0.05) is 19.0 Å². The molecule has 0 saturated carbocycles. The Balaban J connectivity index is 2.35. The van der Waals surface area contributed by atoms with Crippen molar-refractivity contribution in [1.29, 1.82) is 0 Å². The maximum Gasteiger partial charge on any atom is 0.228 e. The number of hydrogen-bond acceptors (Lipinski definition) is 5. The Morgan fingerprint density at radius 2 is 2.27 bits per heavy atom. The zero-order chi connectivity index (χ0) is 11.1. The molecule has 5 heteroatoms. The number of nitrogens with two attached hydrogens (primary N) is 1. The van der Waals surface area contributed by atoms with E-state index in [0.717, 1.165) is 19.4 Å². The van der Waals surface area contributed by atoms with Crippen LogP contribution in [0.1, 0.15) is 38.4 Å². The summed E-state index contributed by atoms with van der Waals surface area (Å²) in [6.45, 7) is 5.23. The third-order valence-corrected chi connectivity index (χ3v) is 2.05. The lowest BCUT2D eigenvalue weighted by atomic mass is 10.2. The van der Waals surface area contributed by atoms with Crippen LogP contribution < -0.4 is 5.73 Å². The van der Waals surface area contributed by atoms with Crippen molar-refractivity contribution in [2.24, 2.45) is 5.73 Å². The third kappa shape index (κ3) is 4.40. The van der Waals surface area contributed by atoms with Gasteiger partial charge < -0.3 is 15.0 Å². The molecule has 1 atom stereocenters. The van der Waals surface area contributed by atoms with E-state index < -0.39 is 0 Å². The lowest BCUT2D eigenvalue weighted by Crippen LogP contribution is -2.21. The molecule has 15 heavy (non-hydrogen) atoms. The number of nitrogens with zero attached hydrogens (tertiary/aromatic N) is 2. The molecule has 1 unspecified atom stereocenters. The van der Waals surface area contributed by atoms with Gasteiger partial charge in [-0.3, -0.25) is 0 Å². The van der Waals surface area contributed by atoms with E-state index in [2.05, 4.69) is 17.1 Å². The van der Waals surface area contributed by atoms with E-state index in [0.29, 0.717) is 24.7 Å². The van der Waals surface area contributed by atoms with E-state index in [-0.39, 0.29) is 6.04 Å². The van der Waals surface area contributed by atoms with Gasteiger partial charge in [0.1, 0.15) is 6.61 Å². The molecular weight excluding hydrogens is 194 g/mol. The van der Waals surface area contributed by atoms with Crippen LogP contribution in [0.3, 0.4) is 0 Å². The summed E-state index contributed by atoms with van der Waals surface area (Å²) in [6, 6.07) is 0.0925. The number of ether oxygens (including phenoxy) is 1. The quantitative estimate of drug-likeness (QED) is 0.690. The Bertz CT molecular complexity index is 275. The molecule has 1 aromatic heterocycles. The first-order valence-corrected chi connectivity index (χ1v) is 5.41. The summed E-state index contributed by atoms with van der Waals surface area (Å²) in [6.07, 6.45) is 2.53. The van der Waals surface area contributed by atoms with Gasteiger partial charge in [-0.05, 0) is 12.8 Å². The van der Waals surface area contributed by atoms with E-state index in [1.165, 1.54) is 0 Å². The fourth-order valence-electron chi connectivity index (χ4n) is 1.11. The van der Waals surface area contributed by atoms with Crippen LogP contribution in [-0.4, -0.2) is 22.8 Å². The Morgan fingerprint density at radius 1 is 1.47 bits per heavy atom. The van der Waals surface area contributed by atoms with Crippen LogP contribution in [0, 0.1) is 0 Å². The molecule has 0 saturated heterocycles. The van der Waals surface area contributed by atoms with Crippen LogP contribution in [0.4, 0.5) is 0 Å². The SMILES string of the molecule is CCCOCc1noc(CC(N)CC)n1. The largest absolute Gasteiger partial charge is 0.373 e. The summed E-state index contributed by atoms with van der Waals surface area (Å²) in [5.74, 6) is 1.20. The van der Waals surface area contributed by atoms with E-state index in [4.69, 9.17) is 15.0 Å². The fourth-order valence-corrected chi connectivity index (χ4v) is 1.11. The second-order valence-electron chi connectivity index (χ2n) is 3.53. The average Bonchev–Trinajstić information content (AvgIpc) is 2.66. The molecule has 1 aromatic rings. The Labute approximate surface area is 90.0 Å². The van der Waals surface area contributed by atoms with Crippen molar-refractivity contribution in [2.75, 3.05) is 6.61 Å². The topological polar surface area (TPSA) is 74.2 Å². The highest BCUT2D eigenvalue weighted by molar-refractivity contribution is 4.87. The van der Waals surface area contributed by atoms with Crippen LogP contribution in [0.15, 0.2) is 4.52 Å². The molecule has 0 bridgehead atoms. The summed E-state index contributed by atoms with van der Waals surface area (Å²) >= 11 is 0. The van der Waals surface area contributed by atoms with Gasteiger partial charge in [0.05, 0.1) is 0 Å². The van der Waals surface area contributed by atoms with Crippen LogP contribution in [0.2, 0.25) is 0 Å². The van der Waals surface area contributed by atoms with Crippen LogP contribution in [0.25, 0.3) is 0 Å². The first-order chi connectivity index (χ1) is 7.26. The van der Waals surface area contributed by atoms with E-state index >= 15 is 0 Å². The van der Waals surface area contributed by atoms with Crippen molar-refractivity contribution < 1.29 is 9.26 Å². The molecule has 0 aliphatic rings. The molecule has 1 rings (SSSR count). The minimum Gasteiger partial charge on any atom is -0.373 e. The van der Waals surface area contributed by atoms with Gasteiger partial charge in [0, 0.05) is 19.1 Å². The zero-order valence-corrected chi connectivity index (χ0v) is 9.40. The van der Waals surface area contributed by atoms with Crippen molar-refractivity contribution in [3.05, 3.63) is 11.7 Å². The van der Waals surface area contributed by atoms with Gasteiger partial charge >= 0.3 is 0 Å². The molecule has 5 nitrogen and oxygen atoms in total. The summed E-state index contributed by atoms with van der Waals surface area (Å²) in [5.41, 5.74) is 5.78. The Kier molecular flexibility index (Phi) is 5.28. The van der Waals surface area contributed by atoms with Crippen LogP contribution >= 0.6 is 0 Å². The summed E-state index contributed by atoms with van der Waals surface area (Å²) in [4.78, 5) is 4.19. The van der Waals surface area contributed by atoms with Crippen LogP contribution in [0.5, 0.6) is 0 Å². The van der Waals surface area contributed by atoms with Crippen LogP contribution in [-0.2, 0) is 17.8 Å². The standard InChI is InChI=1S/C10H19N3O2/c1-3-5-14-7-9-12-10(15-13-9)6-8(11)4-2/h8H,3-7,11H2,1-2H3. The molecule has 86 valence electrons. The smallest absolute Gasteiger partial charge is 0.228 e. The molecular formula is C10H19N3O2. The number of hydrogen-bond donors (Lipinski definition) is 1. The minimum atomic E-state index is 0.0925. The molecule has 0 radical (unpaired) electrons. The van der Waals surface area contributed by atoms with E-state index in [1.54, 1.807) is 0 Å². The third-order valence-electron chi connectivity index (χ3n) is 2.05. The highest BCUT2D eigenvalue weighted by Crippen LogP contribution is 2.03. The summed E-state index contributed by atoms with van der Waals surface area (Å²) < 4.78 is 10.3. The molecule has 0 amide bonds. The zero-order valence-electron chi connectivity index (χ0n) is 9.40. The highest BCUT2D eigenvalue weighted by Gasteiger charge is 2.09. The average molecular weight is 213 g/mol. The van der Waals surface area contributed by atoms with Gasteiger partial charge in [-0.2, -0.15) is 4.98 Å². The van der Waals surface area contributed by atoms with Crippen molar-refractivity contribution in [1.82, 2.24) is 10.1 Å². The van der Waals surface area contributed by atoms with Crippen molar-refractivity contribution >= 4 is 0 Å². The van der Waals surface area contributed by atoms with E-state index in [9.17, 15) is 0 Å². The first-order valence-electron chi connectivity index (χ1n) is 5.41. The number of aromatic nitrogens is 2. The molecule has 0 fully saturated rings. The van der Waals surface area contributed by atoms with Gasteiger partial charge in [0.25, 0.3) is 0 Å². The molecule has 0 spiro atoms. The lowest BCUT2D eigenvalue weighted by molar-refractivity contribution is 0.114. The monoisotopic (exact) mass is 213 g/mol. The predicted molar refractivity (Wildman–Crippen MR) is 56.2 cm³/mol. The molecule has 1 heterocycles. The Morgan fingerprint density at radius 3 is 2.93 bits per heavy atom. The van der Waals surface area contributed by atoms with Crippen molar-refractivity contribution in [3.8, 4) is 0 Å². The predicted octanol–water partition coefficient (Wildman–Crippen LogP) is 1.28. The fraction of sp³-hybridized carbons (Fsp3) is 0.800. The van der Waals surface area contributed by atoms with E-state index in [1.807, 2.05) is 6.92 Å². The molecule has 2 N–H and O–H groups in total. The minimum absolute atomic E-state index is 0.0925. The van der Waals surface area contributed by atoms with Gasteiger partial charge in [-0.25, -0.2) is 0 Å². The normalized spacial score (nSPS) is 13.0. The molecule has 0 aromatic carbocycles. The maximum atomic E-state index is 5.78. The van der Waals surface area contributed by atoms with Crippen molar-refractivity contribution in [2.45, 2.75) is 45.8 Å². The lowest BCUT2D eigenvalue weighted by Gasteiger charge is -2.02. The van der Waals surface area contributed by atoms with Crippen molar-refractivity contribution in [3.63, 3.8) is 0 Å². The second kappa shape index (κ2) is 6.53. The highest BCUT2D eigenvalue weighted by atomic mass is 16.5. The summed E-state index contributed by atoms with van der Waals surface area (Å²) in [7, 11) is 0. The van der Waals surface area contributed by atoms with Gasteiger partial charge in [0.15, 0.2) is 5.82 Å². The molecule has 0 aliphatic heterocycles.